The molecule has 3 nitrogen and oxygen atoms in total. The molecule has 1 aromatic rings. The van der Waals surface area contributed by atoms with Gasteiger partial charge in [0.05, 0.1) is 13.5 Å². The summed E-state index contributed by atoms with van der Waals surface area (Å²) < 4.78 is 4.93. The summed E-state index contributed by atoms with van der Waals surface area (Å²) in [6.45, 7) is 0. The van der Waals surface area contributed by atoms with Crippen LogP contribution in [0.1, 0.15) is 5.56 Å². The Bertz CT molecular complexity index is 269. The van der Waals surface area contributed by atoms with Gasteiger partial charge in [0.15, 0.2) is 0 Å². The Hall–Kier alpha value is -0.510. The predicted molar refractivity (Wildman–Crippen MR) is 51.5 cm³/mol. The van der Waals surface area contributed by atoms with Crippen molar-refractivity contribution < 1.29 is 14.6 Å². The molecule has 0 aliphatic heterocycles. The van der Waals surface area contributed by atoms with Crippen LogP contribution in [-0.4, -0.2) is 47.7 Å². The van der Waals surface area contributed by atoms with Gasteiger partial charge in [-0.25, -0.2) is 0 Å². The Morgan fingerprint density at radius 2 is 1.92 bits per heavy atom. The zero-order chi connectivity index (χ0) is 8.97. The van der Waals surface area contributed by atoms with E-state index in [0.717, 1.165) is 11.3 Å². The summed E-state index contributed by atoms with van der Waals surface area (Å²) in [5.41, 5.74) is 0.781. The summed E-state index contributed by atoms with van der Waals surface area (Å²) in [4.78, 5) is 10.3. The summed E-state index contributed by atoms with van der Waals surface area (Å²) in [7, 11) is 1.58. The van der Waals surface area contributed by atoms with Crippen LogP contribution in [0.15, 0.2) is 24.3 Å². The molecule has 66 valence electrons. The Balaban J connectivity index is 0.00000144. The minimum absolute atomic E-state index is 0. The normalized spacial score (nSPS) is 8.69. The minimum atomic E-state index is -0.819. The van der Waals surface area contributed by atoms with Crippen LogP contribution in [0.4, 0.5) is 0 Å². The number of methoxy groups -OCH3 is 1. The fraction of sp³-hybridized carbons (Fsp3) is 0.222. The maximum atomic E-state index is 10.3. The molecule has 0 radical (unpaired) electrons. The third-order valence-electron chi connectivity index (χ3n) is 1.51. The molecule has 0 saturated carbocycles. The number of ether oxygens (including phenoxy) is 1. The number of rotatable bonds is 3. The van der Waals surface area contributed by atoms with Gasteiger partial charge in [-0.3, -0.25) is 4.79 Å². The van der Waals surface area contributed by atoms with Crippen LogP contribution in [0, 0.1) is 0 Å². The molecule has 0 atom stereocenters. The second kappa shape index (κ2) is 6.02. The monoisotopic (exact) mass is 190 g/mol. The van der Waals surface area contributed by atoms with Crippen molar-refractivity contribution in [1.29, 1.82) is 0 Å². The van der Waals surface area contributed by atoms with E-state index >= 15 is 0 Å². The maximum absolute atomic E-state index is 10.3. The molecular weight excluding hydrogens is 179 g/mol. The van der Waals surface area contributed by atoms with Crippen molar-refractivity contribution in [1.82, 2.24) is 0 Å². The van der Waals surface area contributed by atoms with E-state index in [-0.39, 0.29) is 36.0 Å². The van der Waals surface area contributed by atoms with Crippen molar-refractivity contribution in [2.45, 2.75) is 6.42 Å². The number of hydrogen-bond donors (Lipinski definition) is 1. The van der Waals surface area contributed by atoms with E-state index < -0.39 is 5.97 Å². The zero-order valence-electron chi connectivity index (χ0n) is 6.78. The Morgan fingerprint density at radius 3 is 2.31 bits per heavy atom. The molecular formula is C9H11NaO3. The first-order valence-corrected chi connectivity index (χ1v) is 3.57. The van der Waals surface area contributed by atoms with Crippen LogP contribution in [0.5, 0.6) is 5.75 Å². The van der Waals surface area contributed by atoms with Crippen molar-refractivity contribution in [2.24, 2.45) is 0 Å². The molecule has 0 spiro atoms. The van der Waals surface area contributed by atoms with Gasteiger partial charge in [-0.05, 0) is 17.7 Å². The molecule has 0 aliphatic carbocycles. The molecule has 1 aromatic carbocycles. The van der Waals surface area contributed by atoms with Crippen LogP contribution in [0.3, 0.4) is 0 Å². The summed E-state index contributed by atoms with van der Waals surface area (Å²) in [5.74, 6) is -0.0793. The molecule has 0 aliphatic rings. The fourth-order valence-electron chi connectivity index (χ4n) is 0.918. The molecule has 0 amide bonds. The first-order chi connectivity index (χ1) is 5.72. The van der Waals surface area contributed by atoms with Gasteiger partial charge in [0, 0.05) is 0 Å². The van der Waals surface area contributed by atoms with Crippen molar-refractivity contribution >= 4 is 35.5 Å². The van der Waals surface area contributed by atoms with Gasteiger partial charge in [0.2, 0.25) is 0 Å². The molecule has 4 heteroatoms. The second-order valence-electron chi connectivity index (χ2n) is 2.42. The van der Waals surface area contributed by atoms with Crippen LogP contribution in [0.2, 0.25) is 0 Å². The first kappa shape index (κ1) is 12.5. The predicted octanol–water partition coefficient (Wildman–Crippen LogP) is 0.674. The molecule has 0 heterocycles. The van der Waals surface area contributed by atoms with Gasteiger partial charge in [0.25, 0.3) is 0 Å². The van der Waals surface area contributed by atoms with E-state index in [1.807, 2.05) is 0 Å². The van der Waals surface area contributed by atoms with Crippen LogP contribution in [0.25, 0.3) is 0 Å². The first-order valence-electron chi connectivity index (χ1n) is 3.57. The summed E-state index contributed by atoms with van der Waals surface area (Å²) in [6.07, 6.45) is 0.0595. The summed E-state index contributed by atoms with van der Waals surface area (Å²) in [5, 5.41) is 8.46. The average molecular weight is 190 g/mol. The Morgan fingerprint density at radius 1 is 1.38 bits per heavy atom. The number of carboxylic acid groups (broad SMARTS) is 1. The third-order valence-corrected chi connectivity index (χ3v) is 1.51. The molecule has 0 aromatic heterocycles. The fourth-order valence-corrected chi connectivity index (χ4v) is 0.918. The molecule has 13 heavy (non-hydrogen) atoms. The third kappa shape index (κ3) is 4.31. The average Bonchev–Trinajstić information content (AvgIpc) is 2.05. The number of aliphatic carboxylic acids is 1. The van der Waals surface area contributed by atoms with Gasteiger partial charge >= 0.3 is 35.5 Å². The van der Waals surface area contributed by atoms with Crippen molar-refractivity contribution in [3.05, 3.63) is 29.8 Å². The Kier molecular flexibility index (Phi) is 5.79. The number of carbonyl (C=O) groups is 1. The second-order valence-corrected chi connectivity index (χ2v) is 2.42. The van der Waals surface area contributed by atoms with Gasteiger partial charge in [-0.15, -0.1) is 0 Å². The number of hydrogen-bond acceptors (Lipinski definition) is 2. The van der Waals surface area contributed by atoms with Gasteiger partial charge in [0.1, 0.15) is 5.75 Å². The molecule has 1 N–H and O–H groups in total. The molecule has 0 unspecified atom stereocenters. The topological polar surface area (TPSA) is 46.5 Å². The van der Waals surface area contributed by atoms with Gasteiger partial charge in [-0.1, -0.05) is 12.1 Å². The summed E-state index contributed by atoms with van der Waals surface area (Å²) in [6, 6.07) is 6.98. The zero-order valence-corrected chi connectivity index (χ0v) is 6.78. The van der Waals surface area contributed by atoms with E-state index in [4.69, 9.17) is 9.84 Å². The van der Waals surface area contributed by atoms with Crippen LogP contribution < -0.4 is 4.74 Å². The van der Waals surface area contributed by atoms with Crippen LogP contribution >= 0.6 is 0 Å². The number of carboxylic acids is 1. The van der Waals surface area contributed by atoms with E-state index in [1.54, 1.807) is 31.4 Å². The van der Waals surface area contributed by atoms with E-state index in [1.165, 1.54) is 0 Å². The number of benzene rings is 1. The summed E-state index contributed by atoms with van der Waals surface area (Å²) >= 11 is 0. The van der Waals surface area contributed by atoms with Gasteiger partial charge in [-0.2, -0.15) is 0 Å². The van der Waals surface area contributed by atoms with E-state index in [2.05, 4.69) is 0 Å². The van der Waals surface area contributed by atoms with Gasteiger partial charge < -0.3 is 9.84 Å². The Labute approximate surface area is 99.0 Å². The van der Waals surface area contributed by atoms with Crippen molar-refractivity contribution in [3.8, 4) is 5.75 Å². The van der Waals surface area contributed by atoms with Crippen LogP contribution in [-0.2, 0) is 11.2 Å². The molecule has 0 saturated heterocycles. The standard InChI is InChI=1S/C9H10O3.Na.H/c1-12-8-4-2-7(3-5-8)6-9(10)11;;/h2-5H,6H2,1H3,(H,10,11);;. The van der Waals surface area contributed by atoms with Crippen molar-refractivity contribution in [3.63, 3.8) is 0 Å². The van der Waals surface area contributed by atoms with E-state index in [9.17, 15) is 4.79 Å². The van der Waals surface area contributed by atoms with E-state index in [0.29, 0.717) is 0 Å². The molecule has 0 bridgehead atoms. The quantitative estimate of drug-likeness (QED) is 0.713. The SMILES string of the molecule is COc1ccc(CC(=O)O)cc1.[NaH]. The molecule has 1 rings (SSSR count). The molecule has 0 fully saturated rings. The van der Waals surface area contributed by atoms with Crippen molar-refractivity contribution in [2.75, 3.05) is 7.11 Å².